The van der Waals surface area contributed by atoms with Crippen LogP contribution in [0.2, 0.25) is 0 Å². The molecule has 3 aromatic rings. The van der Waals surface area contributed by atoms with Gasteiger partial charge in [0.15, 0.2) is 0 Å². The van der Waals surface area contributed by atoms with E-state index in [0.717, 1.165) is 35.0 Å². The minimum Gasteiger partial charge on any atom is -0.496 e. The van der Waals surface area contributed by atoms with Crippen molar-refractivity contribution in [3.05, 3.63) is 66.1 Å². The normalized spacial score (nSPS) is 13.5. The second-order valence-electron chi connectivity index (χ2n) is 6.91. The summed E-state index contributed by atoms with van der Waals surface area (Å²) in [5.74, 6) is 2.63. The number of rotatable bonds is 5. The Kier molecular flexibility index (Phi) is 5.51. The highest BCUT2D eigenvalue weighted by Gasteiger charge is 2.23. The zero-order valence-corrected chi connectivity index (χ0v) is 16.8. The van der Waals surface area contributed by atoms with Crippen molar-refractivity contribution < 1.29 is 14.3 Å². The third-order valence-electron chi connectivity index (χ3n) is 5.22. The molecule has 0 N–H and O–H groups in total. The fourth-order valence-electron chi connectivity index (χ4n) is 3.75. The third-order valence-corrected chi connectivity index (χ3v) is 5.22. The molecule has 0 radical (unpaired) electrons. The number of benzene rings is 2. The molecule has 6 nitrogen and oxygen atoms in total. The van der Waals surface area contributed by atoms with Crippen molar-refractivity contribution in [3.63, 3.8) is 0 Å². The maximum Gasteiger partial charge on any atom is 0.253 e. The van der Waals surface area contributed by atoms with Gasteiger partial charge >= 0.3 is 0 Å². The molecular weight excluding hydrogens is 366 g/mol. The van der Waals surface area contributed by atoms with E-state index in [1.807, 2.05) is 66.6 Å². The van der Waals surface area contributed by atoms with Crippen molar-refractivity contribution in [2.75, 3.05) is 26.8 Å². The van der Waals surface area contributed by atoms with Crippen molar-refractivity contribution in [2.24, 2.45) is 0 Å². The Morgan fingerprint density at radius 3 is 2.62 bits per heavy atom. The van der Waals surface area contributed by atoms with Crippen molar-refractivity contribution in [1.82, 2.24) is 14.5 Å². The van der Waals surface area contributed by atoms with E-state index >= 15 is 0 Å². The van der Waals surface area contributed by atoms with E-state index in [9.17, 15) is 4.79 Å². The zero-order chi connectivity index (χ0) is 20.2. The summed E-state index contributed by atoms with van der Waals surface area (Å²) in [4.78, 5) is 19.5. The van der Waals surface area contributed by atoms with Crippen LogP contribution < -0.4 is 9.47 Å². The van der Waals surface area contributed by atoms with E-state index in [0.29, 0.717) is 31.8 Å². The van der Waals surface area contributed by atoms with Crippen LogP contribution in [-0.2, 0) is 13.0 Å². The molecule has 0 atom stereocenters. The second kappa shape index (κ2) is 8.39. The number of carbonyl (C=O) groups excluding carboxylic acids is 1. The minimum absolute atomic E-state index is 0.0395. The lowest BCUT2D eigenvalue weighted by molar-refractivity contribution is 0.0759. The molecule has 0 saturated carbocycles. The van der Waals surface area contributed by atoms with Gasteiger partial charge in [-0.25, -0.2) is 4.98 Å². The molecule has 1 amide bonds. The number of para-hydroxylation sites is 1. The predicted molar refractivity (Wildman–Crippen MR) is 111 cm³/mol. The predicted octanol–water partition coefficient (Wildman–Crippen LogP) is 3.66. The largest absolute Gasteiger partial charge is 0.496 e. The Balaban J connectivity index is 1.53. The average molecular weight is 391 g/mol. The van der Waals surface area contributed by atoms with E-state index in [-0.39, 0.29) is 5.91 Å². The number of aromatic nitrogens is 2. The summed E-state index contributed by atoms with van der Waals surface area (Å²) in [5, 5.41) is 0. The highest BCUT2D eigenvalue weighted by atomic mass is 16.5. The molecule has 0 unspecified atom stereocenters. The lowest BCUT2D eigenvalue weighted by atomic mass is 10.1. The number of hydrogen-bond donors (Lipinski definition) is 0. The van der Waals surface area contributed by atoms with Crippen LogP contribution in [0.3, 0.4) is 0 Å². The first-order valence-electron chi connectivity index (χ1n) is 9.91. The van der Waals surface area contributed by atoms with Gasteiger partial charge in [-0.05, 0) is 43.3 Å². The Bertz CT molecular complexity index is 995. The Labute approximate surface area is 170 Å². The molecule has 1 aromatic heterocycles. The standard InChI is InChI=1S/C23H25N3O3/c1-3-29-18-10-8-17(9-11-18)23(27)25-13-12-22-24-16-20(26(22)15-14-25)19-6-4-5-7-21(19)28-2/h4-11,16H,3,12-15H2,1-2H3. The average Bonchev–Trinajstić information content (AvgIpc) is 3.05. The SMILES string of the molecule is CCOc1ccc(C(=O)N2CCc3ncc(-c4ccccc4OC)n3CC2)cc1. The first-order chi connectivity index (χ1) is 14.2. The molecule has 2 heterocycles. The lowest BCUT2D eigenvalue weighted by Crippen LogP contribution is -2.33. The number of imidazole rings is 1. The highest BCUT2D eigenvalue weighted by molar-refractivity contribution is 5.94. The number of hydrogen-bond acceptors (Lipinski definition) is 4. The summed E-state index contributed by atoms with van der Waals surface area (Å²) in [6.45, 7) is 4.54. The number of fused-ring (bicyclic) bond motifs is 1. The van der Waals surface area contributed by atoms with E-state index in [4.69, 9.17) is 9.47 Å². The molecule has 150 valence electrons. The van der Waals surface area contributed by atoms with Gasteiger partial charge in [0, 0.05) is 37.2 Å². The van der Waals surface area contributed by atoms with Gasteiger partial charge in [-0.3, -0.25) is 4.79 Å². The van der Waals surface area contributed by atoms with Crippen LogP contribution in [0.4, 0.5) is 0 Å². The number of amides is 1. The van der Waals surface area contributed by atoms with E-state index in [1.54, 1.807) is 7.11 Å². The summed E-state index contributed by atoms with van der Waals surface area (Å²) in [6, 6.07) is 15.3. The molecule has 0 spiro atoms. The summed E-state index contributed by atoms with van der Waals surface area (Å²) in [6.07, 6.45) is 2.62. The first kappa shape index (κ1) is 19.1. The topological polar surface area (TPSA) is 56.6 Å². The minimum atomic E-state index is 0.0395. The number of methoxy groups -OCH3 is 1. The third kappa shape index (κ3) is 3.83. The first-order valence-corrected chi connectivity index (χ1v) is 9.91. The quantitative estimate of drug-likeness (QED) is 0.666. The van der Waals surface area contributed by atoms with Crippen molar-refractivity contribution in [3.8, 4) is 22.8 Å². The van der Waals surface area contributed by atoms with Crippen LogP contribution in [0.1, 0.15) is 23.1 Å². The van der Waals surface area contributed by atoms with Crippen LogP contribution >= 0.6 is 0 Å². The molecule has 2 aromatic carbocycles. The molecule has 4 rings (SSSR count). The van der Waals surface area contributed by atoms with Crippen LogP contribution in [0, 0.1) is 0 Å². The Morgan fingerprint density at radius 1 is 1.07 bits per heavy atom. The monoisotopic (exact) mass is 391 g/mol. The van der Waals surface area contributed by atoms with Crippen LogP contribution in [-0.4, -0.2) is 47.2 Å². The molecule has 0 bridgehead atoms. The number of nitrogens with zero attached hydrogens (tertiary/aromatic N) is 3. The molecule has 29 heavy (non-hydrogen) atoms. The Morgan fingerprint density at radius 2 is 1.86 bits per heavy atom. The van der Waals surface area contributed by atoms with Crippen LogP contribution in [0.15, 0.2) is 54.7 Å². The molecular formula is C23H25N3O3. The summed E-state index contributed by atoms with van der Waals surface area (Å²) >= 11 is 0. The fraction of sp³-hybridized carbons (Fsp3) is 0.304. The molecule has 6 heteroatoms. The van der Waals surface area contributed by atoms with Gasteiger partial charge in [-0.2, -0.15) is 0 Å². The van der Waals surface area contributed by atoms with E-state index in [1.165, 1.54) is 0 Å². The van der Waals surface area contributed by atoms with Gasteiger partial charge in [0.2, 0.25) is 0 Å². The Hall–Kier alpha value is -3.28. The maximum absolute atomic E-state index is 13.0. The van der Waals surface area contributed by atoms with Crippen molar-refractivity contribution >= 4 is 5.91 Å². The second-order valence-corrected chi connectivity index (χ2v) is 6.91. The van der Waals surface area contributed by atoms with Gasteiger partial charge in [0.1, 0.15) is 17.3 Å². The van der Waals surface area contributed by atoms with E-state index < -0.39 is 0 Å². The summed E-state index contributed by atoms with van der Waals surface area (Å²) in [7, 11) is 1.68. The summed E-state index contributed by atoms with van der Waals surface area (Å²) < 4.78 is 13.2. The fourth-order valence-corrected chi connectivity index (χ4v) is 3.75. The van der Waals surface area contributed by atoms with Crippen molar-refractivity contribution in [2.45, 2.75) is 19.9 Å². The van der Waals surface area contributed by atoms with Gasteiger partial charge in [0.05, 0.1) is 25.6 Å². The number of carbonyl (C=O) groups is 1. The van der Waals surface area contributed by atoms with Crippen molar-refractivity contribution in [1.29, 1.82) is 0 Å². The highest BCUT2D eigenvalue weighted by Crippen LogP contribution is 2.31. The number of ether oxygens (including phenoxy) is 2. The molecule has 0 fully saturated rings. The van der Waals surface area contributed by atoms with Crippen LogP contribution in [0.5, 0.6) is 11.5 Å². The van der Waals surface area contributed by atoms with Gasteiger partial charge in [-0.1, -0.05) is 12.1 Å². The van der Waals surface area contributed by atoms with E-state index in [2.05, 4.69) is 9.55 Å². The van der Waals surface area contributed by atoms with Gasteiger partial charge in [0.25, 0.3) is 5.91 Å². The van der Waals surface area contributed by atoms with Gasteiger partial charge in [-0.15, -0.1) is 0 Å². The molecule has 0 aliphatic carbocycles. The molecule has 1 aliphatic heterocycles. The molecule has 1 aliphatic rings. The zero-order valence-electron chi connectivity index (χ0n) is 16.8. The smallest absolute Gasteiger partial charge is 0.253 e. The maximum atomic E-state index is 13.0. The molecule has 0 saturated heterocycles. The van der Waals surface area contributed by atoms with Crippen LogP contribution in [0.25, 0.3) is 11.3 Å². The lowest BCUT2D eigenvalue weighted by Gasteiger charge is -2.20. The summed E-state index contributed by atoms with van der Waals surface area (Å²) in [5.41, 5.74) is 2.71. The van der Waals surface area contributed by atoms with Gasteiger partial charge < -0.3 is 18.9 Å².